The molecule has 0 N–H and O–H groups in total. The summed E-state index contributed by atoms with van der Waals surface area (Å²) >= 11 is 0. The third-order valence-corrected chi connectivity index (χ3v) is 10.6. The molecule has 0 spiro atoms. The van der Waals surface area contributed by atoms with E-state index in [2.05, 4.69) is 162 Å². The van der Waals surface area contributed by atoms with Gasteiger partial charge in [0.2, 0.25) is 5.62 Å². The molecule has 3 aromatic heterocycles. The van der Waals surface area contributed by atoms with Crippen LogP contribution in [0, 0.1) is 0 Å². The largest absolute Gasteiger partial charge is 0.497 e. The Morgan fingerprint density at radius 2 is 1.12 bits per heavy atom. The first-order chi connectivity index (χ1) is 24.9. The number of methoxy groups -OCH3 is 1. The minimum atomic E-state index is 0.275. The normalized spacial score (nSPS) is 12.7. The fourth-order valence-corrected chi connectivity index (χ4v) is 7.76. The predicted octanol–water partition coefficient (Wildman–Crippen LogP) is 11.9. The Morgan fingerprint density at radius 3 is 1.71 bits per heavy atom. The Kier molecular flexibility index (Phi) is 9.37. The van der Waals surface area contributed by atoms with Gasteiger partial charge in [0, 0.05) is 17.0 Å². The van der Waals surface area contributed by atoms with Crippen molar-refractivity contribution in [1.82, 2.24) is 18.8 Å². The molecule has 0 radical (unpaired) electrons. The van der Waals surface area contributed by atoms with Crippen molar-refractivity contribution >= 4 is 33.0 Å². The van der Waals surface area contributed by atoms with Gasteiger partial charge in [-0.2, -0.15) is 0 Å². The first-order valence-electron chi connectivity index (χ1n) is 18.9. The summed E-state index contributed by atoms with van der Waals surface area (Å²) in [7, 11) is 1.72. The summed E-state index contributed by atoms with van der Waals surface area (Å²) in [6, 6.07) is 30.7. The summed E-state index contributed by atoms with van der Waals surface area (Å²) < 4.78 is 12.6. The number of hydrogen-bond donors (Lipinski definition) is 0. The molecule has 52 heavy (non-hydrogen) atoms. The Bertz CT molecular complexity index is 2450. The van der Waals surface area contributed by atoms with Crippen molar-refractivity contribution in [3.05, 3.63) is 125 Å². The van der Waals surface area contributed by atoms with Crippen molar-refractivity contribution in [1.29, 1.82) is 0 Å². The summed E-state index contributed by atoms with van der Waals surface area (Å²) in [6.45, 7) is 23.0. The van der Waals surface area contributed by atoms with Gasteiger partial charge < -0.3 is 4.74 Å². The quantitative estimate of drug-likeness (QED) is 0.151. The number of para-hydroxylation sites is 2. The molecular weight excluding hydrogens is 639 g/mol. The van der Waals surface area contributed by atoms with Gasteiger partial charge in [0.25, 0.3) is 0 Å². The number of aromatic nitrogens is 4. The lowest BCUT2D eigenvalue weighted by atomic mass is 9.87. The fourth-order valence-electron chi connectivity index (χ4n) is 7.76. The van der Waals surface area contributed by atoms with Crippen LogP contribution in [0.3, 0.4) is 0 Å². The van der Waals surface area contributed by atoms with E-state index in [4.69, 9.17) is 14.8 Å². The molecule has 0 aliphatic carbocycles. The molecule has 0 fully saturated rings. The zero-order chi connectivity index (χ0) is 37.0. The van der Waals surface area contributed by atoms with Gasteiger partial charge in [0.05, 0.1) is 35.0 Å². The molecule has 0 aliphatic heterocycles. The molecule has 268 valence electrons. The highest BCUT2D eigenvalue weighted by Gasteiger charge is 2.27. The van der Waals surface area contributed by atoms with Gasteiger partial charge in [0.1, 0.15) is 5.75 Å². The van der Waals surface area contributed by atoms with Crippen LogP contribution in [-0.2, 0) is 0 Å². The maximum Gasteiger partial charge on any atom is 0.239 e. The van der Waals surface area contributed by atoms with Gasteiger partial charge in [-0.1, -0.05) is 118 Å². The van der Waals surface area contributed by atoms with Gasteiger partial charge in [-0.3, -0.25) is 9.13 Å². The highest BCUT2D eigenvalue weighted by Crippen LogP contribution is 2.38. The van der Waals surface area contributed by atoms with Crippen LogP contribution in [0.2, 0.25) is 0 Å². The predicted molar refractivity (Wildman–Crippen MR) is 218 cm³/mol. The molecule has 7 rings (SSSR count). The third-order valence-electron chi connectivity index (χ3n) is 10.6. The molecule has 0 aliphatic rings. The van der Waals surface area contributed by atoms with E-state index in [0.29, 0.717) is 5.92 Å². The molecule has 0 bridgehead atoms. The van der Waals surface area contributed by atoms with Crippen LogP contribution in [0.4, 0.5) is 0 Å². The molecule has 6 heteroatoms. The van der Waals surface area contributed by atoms with Crippen LogP contribution in [0.1, 0.15) is 127 Å². The van der Waals surface area contributed by atoms with Crippen LogP contribution in [0.25, 0.3) is 44.3 Å². The maximum absolute atomic E-state index is 5.82. The highest BCUT2D eigenvalue weighted by molar-refractivity contribution is 6.08. The van der Waals surface area contributed by atoms with Crippen molar-refractivity contribution in [2.75, 3.05) is 7.11 Å². The van der Waals surface area contributed by atoms with E-state index >= 15 is 0 Å². The van der Waals surface area contributed by atoms with Crippen LogP contribution >= 0.6 is 0 Å². The van der Waals surface area contributed by atoms with Crippen LogP contribution < -0.4 is 10.4 Å². The second-order valence-corrected chi connectivity index (χ2v) is 15.7. The van der Waals surface area contributed by atoms with E-state index in [1.54, 1.807) is 7.11 Å². The summed E-state index contributed by atoms with van der Waals surface area (Å²) in [5, 5.41) is 8.05. The number of imidazole rings is 1. The number of rotatable bonds is 9. The Morgan fingerprint density at radius 1 is 0.538 bits per heavy atom. The summed E-state index contributed by atoms with van der Waals surface area (Å²) in [4.78, 5) is 5.19. The number of benzene rings is 4. The molecular formula is C46H53N5O. The molecule has 7 aromatic rings. The monoisotopic (exact) mass is 691 g/mol. The van der Waals surface area contributed by atoms with Gasteiger partial charge in [-0.05, 0) is 93.8 Å². The summed E-state index contributed by atoms with van der Waals surface area (Å²) in [5.74, 6) is 2.33. The van der Waals surface area contributed by atoms with Crippen LogP contribution in [0.15, 0.2) is 96.2 Å². The minimum absolute atomic E-state index is 0.275. The standard InChI is InChI=1S/C46H53N5O/c1-27(2)32-24-37(30(7)8)44(38(25-32)31(9)10)49-42-20-15-23-47-45(42)50(43-34(28(3)4)17-14-18-35(43)29(5)6)46(49)48-51-40-19-13-12-16-36(40)39-26-33(52-11)21-22-41(39)51/h12-31H,1-11H3/b48-46+. The number of pyridine rings is 1. The molecule has 0 atom stereocenters. The smallest absolute Gasteiger partial charge is 0.239 e. The van der Waals surface area contributed by atoms with Gasteiger partial charge in [-0.15, -0.1) is 5.10 Å². The van der Waals surface area contributed by atoms with Crippen molar-refractivity contribution in [3.63, 3.8) is 0 Å². The highest BCUT2D eigenvalue weighted by atomic mass is 16.5. The van der Waals surface area contributed by atoms with Gasteiger partial charge in [0.15, 0.2) is 5.65 Å². The Labute approximate surface area is 308 Å². The summed E-state index contributed by atoms with van der Waals surface area (Å²) in [6.07, 6.45) is 1.92. The molecule has 4 aromatic carbocycles. The molecule has 0 saturated carbocycles. The zero-order valence-corrected chi connectivity index (χ0v) is 32.7. The van der Waals surface area contributed by atoms with E-state index in [1.165, 1.54) is 33.5 Å². The van der Waals surface area contributed by atoms with E-state index in [1.807, 2.05) is 12.3 Å². The van der Waals surface area contributed by atoms with Gasteiger partial charge in [-0.25, -0.2) is 9.66 Å². The first kappa shape index (κ1) is 35.3. The van der Waals surface area contributed by atoms with Crippen LogP contribution in [0.5, 0.6) is 5.75 Å². The fraction of sp³-hybridized carbons (Fsp3) is 0.348. The Hall–Kier alpha value is -5.10. The number of hydrogen-bond acceptors (Lipinski definition) is 3. The molecule has 0 unspecified atom stereocenters. The molecule has 3 heterocycles. The van der Waals surface area contributed by atoms with Crippen molar-refractivity contribution in [2.45, 2.75) is 98.8 Å². The van der Waals surface area contributed by atoms with Gasteiger partial charge >= 0.3 is 0 Å². The number of nitrogens with zero attached hydrogens (tertiary/aromatic N) is 5. The van der Waals surface area contributed by atoms with Crippen molar-refractivity contribution < 1.29 is 4.74 Å². The lowest BCUT2D eigenvalue weighted by Gasteiger charge is -2.24. The minimum Gasteiger partial charge on any atom is -0.497 e. The lowest BCUT2D eigenvalue weighted by molar-refractivity contribution is 0.415. The SMILES string of the molecule is COc1ccc2c(c1)c1ccccc1n2/N=c1\n(-c2c(C(C)C)cc(C(C)C)cc2C(C)C)c2cccnc2n1-c1c(C(C)C)cccc1C(C)C. The van der Waals surface area contributed by atoms with E-state index in [-0.39, 0.29) is 23.7 Å². The van der Waals surface area contributed by atoms with E-state index < -0.39 is 0 Å². The summed E-state index contributed by atoms with van der Waals surface area (Å²) in [5.41, 5.74) is 13.7. The second-order valence-electron chi connectivity index (χ2n) is 15.7. The zero-order valence-electron chi connectivity index (χ0n) is 32.7. The molecule has 0 saturated heterocycles. The van der Waals surface area contributed by atoms with E-state index in [9.17, 15) is 0 Å². The lowest BCUT2D eigenvalue weighted by Crippen LogP contribution is -2.29. The number of ether oxygens (including phenoxy) is 1. The number of fused-ring (bicyclic) bond motifs is 4. The molecule has 0 amide bonds. The molecule has 6 nitrogen and oxygen atoms in total. The maximum atomic E-state index is 5.82. The second kappa shape index (κ2) is 13.8. The van der Waals surface area contributed by atoms with Crippen molar-refractivity contribution in [3.8, 4) is 17.1 Å². The van der Waals surface area contributed by atoms with Crippen molar-refractivity contribution in [2.24, 2.45) is 5.10 Å². The van der Waals surface area contributed by atoms with Crippen LogP contribution in [-0.4, -0.2) is 25.9 Å². The topological polar surface area (TPSA) is 49.3 Å². The average molecular weight is 692 g/mol. The van der Waals surface area contributed by atoms with E-state index in [0.717, 1.165) is 50.0 Å². The third kappa shape index (κ3) is 5.82. The average Bonchev–Trinajstić information content (AvgIpc) is 3.62. The Balaban J connectivity index is 1.79. The first-order valence-corrected chi connectivity index (χ1v) is 18.9.